The molecule has 0 aliphatic rings. The van der Waals surface area contributed by atoms with Crippen LogP contribution in [0, 0.1) is 0 Å². The van der Waals surface area contributed by atoms with Gasteiger partial charge in [0.05, 0.1) is 0 Å². The number of hydrogen-bond acceptors (Lipinski definition) is 2. The molecule has 0 saturated carbocycles. The molecule has 0 fully saturated rings. The van der Waals surface area contributed by atoms with E-state index in [1.165, 1.54) is 17.5 Å². The van der Waals surface area contributed by atoms with Gasteiger partial charge < -0.3 is 9.47 Å². The van der Waals surface area contributed by atoms with Gasteiger partial charge in [-0.15, -0.1) is 0 Å². The number of nitrogens with zero attached hydrogens (tertiary/aromatic N) is 2. The highest BCUT2D eigenvalue weighted by Crippen LogP contribution is 2.22. The number of rotatable bonds is 3. The quantitative estimate of drug-likeness (QED) is 0.809. The van der Waals surface area contributed by atoms with E-state index >= 15 is 0 Å². The molecule has 0 unspecified atom stereocenters. The van der Waals surface area contributed by atoms with Crippen molar-refractivity contribution in [3.05, 3.63) is 35.0 Å². The van der Waals surface area contributed by atoms with Crippen molar-refractivity contribution in [3.63, 3.8) is 0 Å². The number of aryl methyl sites for hydroxylation is 1. The van der Waals surface area contributed by atoms with Crippen LogP contribution in [0.25, 0.3) is 0 Å². The van der Waals surface area contributed by atoms with Gasteiger partial charge in [-0.3, -0.25) is 4.79 Å². The average Bonchev–Trinajstić information content (AvgIpc) is 2.63. The number of hydrogen-bond donors (Lipinski definition) is 0. The maximum absolute atomic E-state index is 11.6. The number of thioether (sulfide) groups is 1. The number of carbonyl (C=O) groups excluding carboxylic acids is 1. The van der Waals surface area contributed by atoms with Crippen molar-refractivity contribution >= 4 is 17.0 Å². The lowest BCUT2D eigenvalue weighted by molar-refractivity contribution is 0.241. The van der Waals surface area contributed by atoms with Crippen LogP contribution in [0.2, 0.25) is 0 Å². The van der Waals surface area contributed by atoms with Gasteiger partial charge in [0.25, 0.3) is 5.24 Å². The van der Waals surface area contributed by atoms with E-state index < -0.39 is 0 Å². The third-order valence-corrected chi connectivity index (χ3v) is 3.49. The minimum Gasteiger partial charge on any atom is -0.354 e. The molecule has 0 aliphatic carbocycles. The fraction of sp³-hybridized carbons (Fsp3) is 0.417. The Labute approximate surface area is 101 Å². The van der Waals surface area contributed by atoms with E-state index in [1.807, 2.05) is 32.3 Å². The lowest BCUT2D eigenvalue weighted by atomic mass is 10.3. The van der Waals surface area contributed by atoms with E-state index in [0.717, 1.165) is 11.3 Å². The molecule has 0 aliphatic heterocycles. The fourth-order valence-electron chi connectivity index (χ4n) is 1.26. The molecule has 16 heavy (non-hydrogen) atoms. The zero-order valence-electron chi connectivity index (χ0n) is 10.2. The number of amides is 1. The van der Waals surface area contributed by atoms with E-state index in [-0.39, 0.29) is 5.24 Å². The average molecular weight is 238 g/mol. The summed E-state index contributed by atoms with van der Waals surface area (Å²) in [7, 11) is 5.55. The molecule has 1 rings (SSSR count). The van der Waals surface area contributed by atoms with Crippen molar-refractivity contribution in [2.24, 2.45) is 7.05 Å². The first-order chi connectivity index (χ1) is 7.54. The predicted octanol–water partition coefficient (Wildman–Crippen LogP) is 2.89. The second kappa shape index (κ2) is 5.80. The zero-order chi connectivity index (χ0) is 12.1. The van der Waals surface area contributed by atoms with E-state index in [1.54, 1.807) is 19.0 Å². The Hall–Kier alpha value is -1.16. The van der Waals surface area contributed by atoms with Gasteiger partial charge in [0.15, 0.2) is 0 Å². The van der Waals surface area contributed by atoms with Crippen LogP contribution in [0.15, 0.2) is 29.3 Å². The molecule has 0 radical (unpaired) electrons. The zero-order valence-corrected chi connectivity index (χ0v) is 11.0. The van der Waals surface area contributed by atoms with Crippen LogP contribution in [0.5, 0.6) is 0 Å². The molecular weight excluding hydrogens is 220 g/mol. The summed E-state index contributed by atoms with van der Waals surface area (Å²) in [6, 6.07) is 4.09. The van der Waals surface area contributed by atoms with Gasteiger partial charge in [-0.05, 0) is 35.7 Å². The van der Waals surface area contributed by atoms with Crippen LogP contribution >= 0.6 is 11.8 Å². The molecule has 3 nitrogen and oxygen atoms in total. The second-order valence-corrected chi connectivity index (χ2v) is 4.88. The Morgan fingerprint density at radius 3 is 2.69 bits per heavy atom. The molecule has 0 spiro atoms. The van der Waals surface area contributed by atoms with Gasteiger partial charge >= 0.3 is 0 Å². The largest absolute Gasteiger partial charge is 0.354 e. The highest BCUT2D eigenvalue weighted by atomic mass is 32.2. The first-order valence-electron chi connectivity index (χ1n) is 5.19. The van der Waals surface area contributed by atoms with E-state index in [4.69, 9.17) is 0 Å². The summed E-state index contributed by atoms with van der Waals surface area (Å²) in [6.07, 6.45) is 4.82. The van der Waals surface area contributed by atoms with Gasteiger partial charge in [-0.25, -0.2) is 0 Å². The first kappa shape index (κ1) is 12.9. The minimum atomic E-state index is 0.0716. The monoisotopic (exact) mass is 238 g/mol. The van der Waals surface area contributed by atoms with Gasteiger partial charge in [-0.1, -0.05) is 6.08 Å². The molecule has 88 valence electrons. The van der Waals surface area contributed by atoms with Crippen molar-refractivity contribution < 1.29 is 4.79 Å². The molecule has 1 amide bonds. The van der Waals surface area contributed by atoms with Crippen molar-refractivity contribution in [1.82, 2.24) is 9.47 Å². The van der Waals surface area contributed by atoms with Crippen LogP contribution in [0.3, 0.4) is 0 Å². The van der Waals surface area contributed by atoms with Crippen LogP contribution in [-0.2, 0) is 13.5 Å². The summed E-state index contributed by atoms with van der Waals surface area (Å²) in [5, 5.41) is 0.0716. The van der Waals surface area contributed by atoms with Crippen molar-refractivity contribution in [2.45, 2.75) is 13.3 Å². The number of carbonyl (C=O) groups is 1. The molecule has 1 aromatic heterocycles. The Bertz CT molecular complexity index is 393. The smallest absolute Gasteiger partial charge is 0.285 e. The standard InChI is InChI=1S/C12H18N2OS/c1-5-11(16-12(15)13(2)3)9-10-7-6-8-14(10)4/h5-8H,9H2,1-4H3/b11-5-. The molecule has 0 atom stereocenters. The fourth-order valence-corrected chi connectivity index (χ4v) is 2.00. The van der Waals surface area contributed by atoms with E-state index in [0.29, 0.717) is 0 Å². The Morgan fingerprint density at radius 1 is 1.56 bits per heavy atom. The van der Waals surface area contributed by atoms with E-state index in [9.17, 15) is 4.79 Å². The topological polar surface area (TPSA) is 25.2 Å². The molecular formula is C12H18N2OS. The minimum absolute atomic E-state index is 0.0716. The Morgan fingerprint density at radius 2 is 2.25 bits per heavy atom. The highest BCUT2D eigenvalue weighted by molar-refractivity contribution is 8.16. The molecule has 0 N–H and O–H groups in total. The summed E-state index contributed by atoms with van der Waals surface area (Å²) in [5.41, 5.74) is 1.21. The predicted molar refractivity (Wildman–Crippen MR) is 69.5 cm³/mol. The maximum Gasteiger partial charge on any atom is 0.285 e. The third kappa shape index (κ3) is 3.45. The third-order valence-electron chi connectivity index (χ3n) is 2.31. The number of allylic oxidation sites excluding steroid dienone is 2. The first-order valence-corrected chi connectivity index (χ1v) is 6.00. The molecule has 0 aromatic carbocycles. The highest BCUT2D eigenvalue weighted by Gasteiger charge is 2.10. The van der Waals surface area contributed by atoms with Crippen LogP contribution in [0.1, 0.15) is 12.6 Å². The molecule has 0 saturated heterocycles. The lowest BCUT2D eigenvalue weighted by Crippen LogP contribution is -2.16. The van der Waals surface area contributed by atoms with E-state index in [2.05, 4.69) is 10.6 Å². The SMILES string of the molecule is C/C=C(/Cc1cccn1C)SC(=O)N(C)C. The van der Waals surface area contributed by atoms with Gasteiger partial charge in [0, 0.05) is 39.5 Å². The number of aromatic nitrogens is 1. The second-order valence-electron chi connectivity index (χ2n) is 3.80. The van der Waals surface area contributed by atoms with Gasteiger partial charge in [-0.2, -0.15) is 0 Å². The lowest BCUT2D eigenvalue weighted by Gasteiger charge is -2.11. The maximum atomic E-state index is 11.6. The summed E-state index contributed by atoms with van der Waals surface area (Å²) >= 11 is 1.29. The molecule has 4 heteroatoms. The van der Waals surface area contributed by atoms with Gasteiger partial charge in [0.2, 0.25) is 0 Å². The normalized spacial score (nSPS) is 11.6. The van der Waals surface area contributed by atoms with Crippen LogP contribution in [-0.4, -0.2) is 28.8 Å². The molecule has 1 heterocycles. The summed E-state index contributed by atoms with van der Waals surface area (Å²) in [6.45, 7) is 1.97. The molecule has 1 aromatic rings. The summed E-state index contributed by atoms with van der Waals surface area (Å²) in [4.78, 5) is 14.2. The summed E-state index contributed by atoms with van der Waals surface area (Å²) < 4.78 is 2.07. The van der Waals surface area contributed by atoms with Gasteiger partial charge in [0.1, 0.15) is 0 Å². The Balaban J connectivity index is 2.64. The Kier molecular flexibility index (Phi) is 4.68. The van der Waals surface area contributed by atoms with Crippen molar-refractivity contribution in [3.8, 4) is 0 Å². The van der Waals surface area contributed by atoms with Crippen LogP contribution in [0.4, 0.5) is 4.79 Å². The molecule has 0 bridgehead atoms. The summed E-state index contributed by atoms with van der Waals surface area (Å²) in [5.74, 6) is 0. The van der Waals surface area contributed by atoms with Crippen LogP contribution < -0.4 is 0 Å². The van der Waals surface area contributed by atoms with Crippen molar-refractivity contribution in [1.29, 1.82) is 0 Å². The van der Waals surface area contributed by atoms with Crippen molar-refractivity contribution in [2.75, 3.05) is 14.1 Å².